The molecule has 202 valence electrons. The van der Waals surface area contributed by atoms with Crippen LogP contribution in [0.15, 0.2) is 52.5 Å². The summed E-state index contributed by atoms with van der Waals surface area (Å²) in [7, 11) is -3.65. The molecule has 0 radical (unpaired) electrons. The molecule has 1 aliphatic rings. The van der Waals surface area contributed by atoms with E-state index >= 15 is 0 Å². The van der Waals surface area contributed by atoms with Gasteiger partial charge in [-0.3, -0.25) is 14.2 Å². The van der Waals surface area contributed by atoms with Gasteiger partial charge in [0.2, 0.25) is 15.9 Å². The number of sulfonamides is 1. The van der Waals surface area contributed by atoms with Gasteiger partial charge in [0.1, 0.15) is 5.82 Å². The molecule has 10 nitrogen and oxygen atoms in total. The first-order chi connectivity index (χ1) is 18.1. The van der Waals surface area contributed by atoms with Gasteiger partial charge >= 0.3 is 0 Å². The van der Waals surface area contributed by atoms with Crippen LogP contribution >= 0.6 is 35.0 Å². The number of Topliss-reactive ketones (excluding diaryl/α,β-unsaturated/α-hetero) is 1. The first kappa shape index (κ1) is 28.5. The van der Waals surface area contributed by atoms with Crippen molar-refractivity contribution in [3.63, 3.8) is 0 Å². The van der Waals surface area contributed by atoms with Crippen molar-refractivity contribution in [2.45, 2.75) is 23.4 Å². The summed E-state index contributed by atoms with van der Waals surface area (Å²) in [5.41, 5.74) is 0.999. The van der Waals surface area contributed by atoms with Gasteiger partial charge in [0.15, 0.2) is 10.9 Å². The second-order valence-electron chi connectivity index (χ2n) is 8.35. The van der Waals surface area contributed by atoms with Crippen LogP contribution in [0.1, 0.15) is 23.1 Å². The molecule has 1 amide bonds. The minimum Gasteiger partial charge on any atom is -0.379 e. The molecule has 38 heavy (non-hydrogen) atoms. The topological polar surface area (TPSA) is 123 Å². The molecule has 1 saturated heterocycles. The number of nitrogens with zero attached hydrogens (tertiary/aromatic N) is 4. The number of halogens is 2. The highest BCUT2D eigenvalue weighted by atomic mass is 35.5. The number of amides is 1. The second-order valence-corrected chi connectivity index (χ2v) is 12.1. The van der Waals surface area contributed by atoms with Crippen molar-refractivity contribution < 1.29 is 22.7 Å². The summed E-state index contributed by atoms with van der Waals surface area (Å²) < 4.78 is 34.0. The van der Waals surface area contributed by atoms with Crippen LogP contribution in [0.3, 0.4) is 0 Å². The lowest BCUT2D eigenvalue weighted by Crippen LogP contribution is -2.40. The molecular formula is C24H25Cl2N5O5S2. The van der Waals surface area contributed by atoms with Gasteiger partial charge in [-0.2, -0.15) is 4.31 Å². The first-order valence-corrected chi connectivity index (χ1v) is 14.8. The van der Waals surface area contributed by atoms with Gasteiger partial charge < -0.3 is 10.1 Å². The van der Waals surface area contributed by atoms with Crippen LogP contribution < -0.4 is 5.32 Å². The van der Waals surface area contributed by atoms with E-state index in [-0.39, 0.29) is 22.3 Å². The molecule has 1 aliphatic heterocycles. The highest BCUT2D eigenvalue weighted by molar-refractivity contribution is 7.99. The van der Waals surface area contributed by atoms with Crippen LogP contribution in [-0.4, -0.2) is 77.8 Å². The van der Waals surface area contributed by atoms with E-state index in [1.165, 1.54) is 47.3 Å². The molecule has 1 N–H and O–H groups in total. The summed E-state index contributed by atoms with van der Waals surface area (Å²) in [6.45, 7) is 3.09. The van der Waals surface area contributed by atoms with Crippen LogP contribution in [0.4, 0.5) is 0 Å². The van der Waals surface area contributed by atoms with Gasteiger partial charge in [-0.15, -0.1) is 10.2 Å². The monoisotopic (exact) mass is 597 g/mol. The molecule has 3 aromatic rings. The van der Waals surface area contributed by atoms with E-state index < -0.39 is 10.0 Å². The molecule has 1 fully saturated rings. The molecular weight excluding hydrogens is 573 g/mol. The van der Waals surface area contributed by atoms with Gasteiger partial charge in [0, 0.05) is 48.6 Å². The zero-order valence-electron chi connectivity index (χ0n) is 20.4. The van der Waals surface area contributed by atoms with Crippen molar-refractivity contribution in [1.29, 1.82) is 0 Å². The minimum atomic E-state index is -3.65. The van der Waals surface area contributed by atoms with Crippen molar-refractivity contribution in [3.8, 4) is 5.69 Å². The van der Waals surface area contributed by atoms with Crippen molar-refractivity contribution in [2.75, 3.05) is 38.6 Å². The minimum absolute atomic E-state index is 0.0354. The Morgan fingerprint density at radius 2 is 1.71 bits per heavy atom. The predicted molar refractivity (Wildman–Crippen MR) is 145 cm³/mol. The van der Waals surface area contributed by atoms with Gasteiger partial charge in [-0.25, -0.2) is 8.42 Å². The first-order valence-electron chi connectivity index (χ1n) is 11.6. The van der Waals surface area contributed by atoms with Crippen LogP contribution in [-0.2, 0) is 26.0 Å². The Bertz CT molecular complexity index is 1400. The summed E-state index contributed by atoms with van der Waals surface area (Å²) in [5, 5.41) is 12.5. The average Bonchev–Trinajstić information content (AvgIpc) is 3.29. The Morgan fingerprint density at radius 1 is 1.05 bits per heavy atom. The van der Waals surface area contributed by atoms with Crippen LogP contribution in [0, 0.1) is 0 Å². The number of thioether (sulfide) groups is 1. The van der Waals surface area contributed by atoms with Crippen molar-refractivity contribution in [1.82, 2.24) is 24.4 Å². The maximum atomic E-state index is 12.9. The van der Waals surface area contributed by atoms with E-state index in [0.29, 0.717) is 71.5 Å². The molecule has 0 atom stereocenters. The molecule has 0 spiro atoms. The normalized spacial score (nSPS) is 14.4. The number of ether oxygens (including phenoxy) is 1. The van der Waals surface area contributed by atoms with Crippen molar-refractivity contribution in [2.24, 2.45) is 0 Å². The van der Waals surface area contributed by atoms with Gasteiger partial charge in [-0.1, -0.05) is 47.1 Å². The fourth-order valence-electron chi connectivity index (χ4n) is 3.80. The highest BCUT2D eigenvalue weighted by Crippen LogP contribution is 2.28. The zero-order valence-corrected chi connectivity index (χ0v) is 23.5. The third kappa shape index (κ3) is 6.93. The van der Waals surface area contributed by atoms with E-state index in [2.05, 4.69) is 15.5 Å². The SMILES string of the molecule is CC(=O)NCCc1nnc(SCC(=O)c2ccc(S(=O)(=O)N3CCOCC3)cc2)n1-c1cc(Cl)cc(Cl)c1. The summed E-state index contributed by atoms with van der Waals surface area (Å²) in [5.74, 6) is 0.229. The van der Waals surface area contributed by atoms with E-state index in [0.717, 1.165) is 0 Å². The Kier molecular flexibility index (Phi) is 9.45. The number of morpholine rings is 1. The fourth-order valence-corrected chi connectivity index (χ4v) is 6.58. The number of rotatable bonds is 10. The number of ketones is 1. The number of hydrogen-bond acceptors (Lipinski definition) is 8. The third-order valence-electron chi connectivity index (χ3n) is 5.64. The van der Waals surface area contributed by atoms with E-state index in [1.54, 1.807) is 22.8 Å². The number of nitrogens with one attached hydrogen (secondary N) is 1. The van der Waals surface area contributed by atoms with Gasteiger partial charge in [0.05, 0.1) is 29.5 Å². The highest BCUT2D eigenvalue weighted by Gasteiger charge is 2.26. The molecule has 0 unspecified atom stereocenters. The molecule has 2 aromatic carbocycles. The third-order valence-corrected chi connectivity index (χ3v) is 8.92. The van der Waals surface area contributed by atoms with E-state index in [4.69, 9.17) is 27.9 Å². The number of hydrogen-bond donors (Lipinski definition) is 1. The molecule has 1 aromatic heterocycles. The van der Waals surface area contributed by atoms with Crippen molar-refractivity contribution in [3.05, 3.63) is 63.9 Å². The Labute approximate surface area is 234 Å². The summed E-state index contributed by atoms with van der Waals surface area (Å²) >= 11 is 13.6. The van der Waals surface area contributed by atoms with Crippen LogP contribution in [0.25, 0.3) is 5.69 Å². The fraction of sp³-hybridized carbons (Fsp3) is 0.333. The largest absolute Gasteiger partial charge is 0.379 e. The van der Waals surface area contributed by atoms with Gasteiger partial charge in [-0.05, 0) is 30.3 Å². The van der Waals surface area contributed by atoms with Crippen LogP contribution in [0.5, 0.6) is 0 Å². The smallest absolute Gasteiger partial charge is 0.243 e. The molecule has 0 saturated carbocycles. The average molecular weight is 599 g/mol. The number of carbonyl (C=O) groups excluding carboxylic acids is 2. The number of aromatic nitrogens is 3. The quantitative estimate of drug-likeness (QED) is 0.279. The Balaban J connectivity index is 1.50. The van der Waals surface area contributed by atoms with E-state index in [1.807, 2.05) is 0 Å². The standard InChI is InChI=1S/C24H25Cl2N5O5S2/c1-16(32)27-7-6-23-28-29-24(31(23)20-13-18(25)12-19(26)14-20)37-15-22(33)17-2-4-21(5-3-17)38(34,35)30-8-10-36-11-9-30/h2-5,12-14H,6-11,15H2,1H3,(H,27,32). The van der Waals surface area contributed by atoms with Crippen LogP contribution in [0.2, 0.25) is 10.0 Å². The molecule has 2 heterocycles. The lowest BCUT2D eigenvalue weighted by molar-refractivity contribution is -0.118. The molecule has 14 heteroatoms. The van der Waals surface area contributed by atoms with Crippen molar-refractivity contribution >= 4 is 56.7 Å². The predicted octanol–water partition coefficient (Wildman–Crippen LogP) is 3.25. The summed E-state index contributed by atoms with van der Waals surface area (Å²) in [6, 6.07) is 10.9. The van der Waals surface area contributed by atoms with Gasteiger partial charge in [0.25, 0.3) is 0 Å². The summed E-state index contributed by atoms with van der Waals surface area (Å²) in [6.07, 6.45) is 0.393. The molecule has 0 aliphatic carbocycles. The number of benzene rings is 2. The molecule has 0 bridgehead atoms. The van der Waals surface area contributed by atoms with E-state index in [9.17, 15) is 18.0 Å². The zero-order chi connectivity index (χ0) is 27.3. The number of carbonyl (C=O) groups is 2. The summed E-state index contributed by atoms with van der Waals surface area (Å²) in [4.78, 5) is 24.4. The lowest BCUT2D eigenvalue weighted by atomic mass is 10.1. The second kappa shape index (κ2) is 12.6. The molecule has 4 rings (SSSR count). The lowest BCUT2D eigenvalue weighted by Gasteiger charge is -2.26. The Hall–Kier alpha value is -2.48. The Morgan fingerprint density at radius 3 is 2.34 bits per heavy atom. The maximum absolute atomic E-state index is 12.9. The maximum Gasteiger partial charge on any atom is 0.243 e.